The maximum absolute atomic E-state index is 13.5. The number of aromatic hydroxyl groups is 1. The topological polar surface area (TPSA) is 158 Å². The summed E-state index contributed by atoms with van der Waals surface area (Å²) < 4.78 is 29.3. The summed E-state index contributed by atoms with van der Waals surface area (Å²) in [6.45, 7) is -0.191. The molecule has 1 atom stereocenters. The summed E-state index contributed by atoms with van der Waals surface area (Å²) in [5.74, 6) is -0.975. The van der Waals surface area contributed by atoms with E-state index in [1.54, 1.807) is 0 Å². The number of nitrogens with one attached hydrogen (secondary N) is 1. The van der Waals surface area contributed by atoms with Gasteiger partial charge in [-0.25, -0.2) is 4.68 Å². The lowest BCUT2D eigenvalue weighted by Gasteiger charge is -2.24. The highest BCUT2D eigenvalue weighted by molar-refractivity contribution is 7.66. The second-order valence-corrected chi connectivity index (χ2v) is 9.15. The van der Waals surface area contributed by atoms with Crippen LogP contribution in [0.3, 0.4) is 0 Å². The zero-order chi connectivity index (χ0) is 23.6. The average Bonchev–Trinajstić information content (AvgIpc) is 2.80. The number of amidine groups is 1. The minimum atomic E-state index is -3.85. The SMILES string of the molecule is COP1(=O)N=C(c2c(O)cnn(Cc3ccccc3)c2=O)Nc2ccc(OCC(N)=O)cc21. The summed E-state index contributed by atoms with van der Waals surface area (Å²) in [5.41, 5.74) is 5.43. The van der Waals surface area contributed by atoms with Crippen molar-refractivity contribution in [1.82, 2.24) is 9.78 Å². The summed E-state index contributed by atoms with van der Waals surface area (Å²) in [6.07, 6.45) is 1.12. The molecule has 33 heavy (non-hydrogen) atoms. The highest BCUT2D eigenvalue weighted by Gasteiger charge is 2.35. The number of nitrogens with zero attached hydrogens (tertiary/aromatic N) is 3. The van der Waals surface area contributed by atoms with Crippen molar-refractivity contribution in [2.24, 2.45) is 10.5 Å². The van der Waals surface area contributed by atoms with Crippen LogP contribution < -0.4 is 26.7 Å². The van der Waals surface area contributed by atoms with Gasteiger partial charge in [0.1, 0.15) is 11.3 Å². The molecule has 1 unspecified atom stereocenters. The molecule has 1 aliphatic rings. The van der Waals surface area contributed by atoms with Gasteiger partial charge in [0.2, 0.25) is 0 Å². The van der Waals surface area contributed by atoms with E-state index in [2.05, 4.69) is 15.2 Å². The van der Waals surface area contributed by atoms with Gasteiger partial charge in [-0.1, -0.05) is 30.3 Å². The molecule has 4 rings (SSSR count). The Kier molecular flexibility index (Phi) is 5.99. The molecular formula is C21H20N5O6P. The first-order valence-corrected chi connectivity index (χ1v) is 11.3. The number of carbonyl (C=O) groups is 1. The number of hydrogen-bond donors (Lipinski definition) is 3. The zero-order valence-electron chi connectivity index (χ0n) is 17.5. The van der Waals surface area contributed by atoms with Crippen molar-refractivity contribution in [1.29, 1.82) is 0 Å². The van der Waals surface area contributed by atoms with Crippen LogP contribution >= 0.6 is 7.52 Å². The van der Waals surface area contributed by atoms with Crippen LogP contribution in [-0.4, -0.2) is 40.3 Å². The summed E-state index contributed by atoms with van der Waals surface area (Å²) >= 11 is 0. The monoisotopic (exact) mass is 469 g/mol. The van der Waals surface area contributed by atoms with Crippen LogP contribution in [0.5, 0.6) is 11.5 Å². The Hall–Kier alpha value is -3.95. The Labute approximate surface area is 188 Å². The highest BCUT2D eigenvalue weighted by atomic mass is 31.2. The average molecular weight is 469 g/mol. The van der Waals surface area contributed by atoms with E-state index in [-0.39, 0.29) is 35.6 Å². The second-order valence-electron chi connectivity index (χ2n) is 7.06. The third-order valence-electron chi connectivity index (χ3n) is 4.82. The van der Waals surface area contributed by atoms with Crippen LogP contribution in [0.25, 0.3) is 0 Å². The smallest absolute Gasteiger partial charge is 0.348 e. The standard InChI is InChI=1S/C21H20N5O6P/c1-31-33(30)17-9-14(32-12-18(22)28)7-8-15(17)24-20(25-33)19-16(27)10-23-26(21(19)29)11-13-5-3-2-4-6-13/h2-10,27H,11-12H2,1H3,(H2,22,28)(H,24,25,30). The molecule has 0 spiro atoms. The number of benzene rings is 2. The molecule has 2 aromatic carbocycles. The first-order chi connectivity index (χ1) is 15.8. The summed E-state index contributed by atoms with van der Waals surface area (Å²) in [4.78, 5) is 24.1. The van der Waals surface area contributed by atoms with Gasteiger partial charge < -0.3 is 25.4 Å². The Morgan fingerprint density at radius 3 is 2.70 bits per heavy atom. The fourth-order valence-electron chi connectivity index (χ4n) is 3.26. The number of aromatic nitrogens is 2. The molecule has 1 aliphatic heterocycles. The van der Waals surface area contributed by atoms with Gasteiger partial charge in [-0.3, -0.25) is 14.2 Å². The third-order valence-corrected chi connectivity index (χ3v) is 6.76. The number of carbonyl (C=O) groups excluding carboxylic acids is 1. The van der Waals surface area contributed by atoms with Crippen molar-refractivity contribution in [3.05, 3.63) is 76.2 Å². The second kappa shape index (κ2) is 8.89. The van der Waals surface area contributed by atoms with Gasteiger partial charge in [-0.05, 0) is 23.8 Å². The van der Waals surface area contributed by atoms with Crippen LogP contribution in [0.1, 0.15) is 11.1 Å². The predicted octanol–water partition coefficient (Wildman–Crippen LogP) is 1.20. The lowest BCUT2D eigenvalue weighted by Crippen LogP contribution is -2.34. The molecule has 11 nitrogen and oxygen atoms in total. The van der Waals surface area contributed by atoms with E-state index in [1.807, 2.05) is 30.3 Å². The fraction of sp³-hybridized carbons (Fsp3) is 0.143. The van der Waals surface area contributed by atoms with Crippen molar-refractivity contribution in [3.63, 3.8) is 0 Å². The van der Waals surface area contributed by atoms with Gasteiger partial charge in [0.05, 0.1) is 23.7 Å². The van der Waals surface area contributed by atoms with E-state index in [4.69, 9.17) is 15.0 Å². The van der Waals surface area contributed by atoms with Gasteiger partial charge in [-0.2, -0.15) is 9.86 Å². The third kappa shape index (κ3) is 4.50. The van der Waals surface area contributed by atoms with E-state index in [1.165, 1.54) is 30.0 Å². The lowest BCUT2D eigenvalue weighted by atomic mass is 10.2. The number of rotatable bonds is 7. The normalized spacial score (nSPS) is 16.9. The van der Waals surface area contributed by atoms with Crippen molar-refractivity contribution in [2.45, 2.75) is 6.54 Å². The van der Waals surface area contributed by atoms with Gasteiger partial charge in [0.25, 0.3) is 11.5 Å². The molecule has 0 saturated carbocycles. The maximum atomic E-state index is 13.5. The highest BCUT2D eigenvalue weighted by Crippen LogP contribution is 2.51. The van der Waals surface area contributed by atoms with Crippen molar-refractivity contribution in [3.8, 4) is 11.5 Å². The zero-order valence-corrected chi connectivity index (χ0v) is 18.4. The van der Waals surface area contributed by atoms with E-state index in [0.29, 0.717) is 5.69 Å². The molecule has 0 radical (unpaired) electrons. The van der Waals surface area contributed by atoms with Gasteiger partial charge in [-0.15, -0.1) is 0 Å². The van der Waals surface area contributed by atoms with Crippen LogP contribution in [-0.2, 0) is 20.4 Å². The van der Waals surface area contributed by atoms with Crippen molar-refractivity contribution < 1.29 is 23.7 Å². The molecule has 1 aromatic heterocycles. The quantitative estimate of drug-likeness (QED) is 0.436. The molecule has 0 aliphatic carbocycles. The number of fused-ring (bicyclic) bond motifs is 1. The summed E-state index contributed by atoms with van der Waals surface area (Å²) in [5, 5.41) is 17.5. The largest absolute Gasteiger partial charge is 0.505 e. The van der Waals surface area contributed by atoms with Crippen LogP contribution in [0.15, 0.2) is 64.3 Å². The molecular weight excluding hydrogens is 449 g/mol. The van der Waals surface area contributed by atoms with Crippen LogP contribution in [0, 0.1) is 0 Å². The Balaban J connectivity index is 1.75. The molecule has 0 fully saturated rings. The van der Waals surface area contributed by atoms with E-state index >= 15 is 0 Å². The Morgan fingerprint density at radius 1 is 1.24 bits per heavy atom. The molecule has 2 heterocycles. The number of amides is 1. The maximum Gasteiger partial charge on any atom is 0.348 e. The van der Waals surface area contributed by atoms with E-state index in [9.17, 15) is 19.3 Å². The number of anilines is 1. The van der Waals surface area contributed by atoms with E-state index < -0.39 is 24.7 Å². The minimum Gasteiger partial charge on any atom is -0.505 e. The molecule has 0 bridgehead atoms. The molecule has 12 heteroatoms. The minimum absolute atomic E-state index is 0.120. The number of nitrogens with two attached hydrogens (primary N) is 1. The Bertz CT molecular complexity index is 1350. The van der Waals surface area contributed by atoms with Crippen molar-refractivity contribution >= 4 is 30.3 Å². The first kappa shape index (κ1) is 22.3. The first-order valence-electron chi connectivity index (χ1n) is 9.73. The van der Waals surface area contributed by atoms with Crippen molar-refractivity contribution in [2.75, 3.05) is 19.0 Å². The number of ether oxygens (including phenoxy) is 1. The van der Waals surface area contributed by atoms with Gasteiger partial charge in [0, 0.05) is 7.11 Å². The van der Waals surface area contributed by atoms with Gasteiger partial charge in [0.15, 0.2) is 18.2 Å². The number of hydrogen-bond acceptors (Lipinski definition) is 8. The van der Waals surface area contributed by atoms with Gasteiger partial charge >= 0.3 is 7.52 Å². The molecule has 0 saturated heterocycles. The molecule has 170 valence electrons. The fourth-order valence-corrected chi connectivity index (χ4v) is 4.78. The Morgan fingerprint density at radius 2 is 2.00 bits per heavy atom. The lowest BCUT2D eigenvalue weighted by molar-refractivity contribution is -0.119. The van der Waals surface area contributed by atoms with Crippen LogP contribution in [0.4, 0.5) is 5.69 Å². The summed E-state index contributed by atoms with van der Waals surface area (Å²) in [7, 11) is -2.64. The molecule has 1 amide bonds. The predicted molar refractivity (Wildman–Crippen MR) is 121 cm³/mol. The summed E-state index contributed by atoms with van der Waals surface area (Å²) in [6, 6.07) is 13.7. The number of primary amides is 1. The van der Waals surface area contributed by atoms with E-state index in [0.717, 1.165) is 11.8 Å². The van der Waals surface area contributed by atoms with Crippen LogP contribution in [0.2, 0.25) is 0 Å². The molecule has 3 aromatic rings. The molecule has 4 N–H and O–H groups in total.